The van der Waals surface area contributed by atoms with Crippen LogP contribution in [0.2, 0.25) is 0 Å². The van der Waals surface area contributed by atoms with Gasteiger partial charge in [0.15, 0.2) is 0 Å². The number of Topliss-reactive ketones (excluding diaryl/α,β-unsaturated/α-hetero) is 1. The Morgan fingerprint density at radius 2 is 1.65 bits per heavy atom. The van der Waals surface area contributed by atoms with Crippen LogP contribution in [0, 0.1) is 5.82 Å². The lowest BCUT2D eigenvalue weighted by atomic mass is 9.94. The summed E-state index contributed by atoms with van der Waals surface area (Å²) in [5.41, 5.74) is 0.593. The van der Waals surface area contributed by atoms with Gasteiger partial charge in [-0.05, 0) is 74.4 Å². The molecule has 1 aliphatic rings. The molecule has 1 fully saturated rings. The molecule has 7 nitrogen and oxygen atoms in total. The number of amides is 1. The van der Waals surface area contributed by atoms with Crippen molar-refractivity contribution in [2.75, 3.05) is 7.11 Å². The minimum Gasteiger partial charge on any atom is -0.508 e. The number of ether oxygens (including phenoxy) is 2. The largest absolute Gasteiger partial charge is 0.508 e. The summed E-state index contributed by atoms with van der Waals surface area (Å²) < 4.78 is 25.2. The Kier molecular flexibility index (Phi) is 6.94. The number of aliphatic hydroxyl groups excluding tert-OH is 1. The van der Waals surface area contributed by atoms with Crippen molar-refractivity contribution >= 4 is 17.4 Å². The van der Waals surface area contributed by atoms with Crippen LogP contribution in [0.15, 0.2) is 72.3 Å². The van der Waals surface area contributed by atoms with Crippen molar-refractivity contribution in [1.29, 1.82) is 0 Å². The first-order valence-corrected chi connectivity index (χ1v) is 11.7. The monoisotopic (exact) mass is 505 g/mol. The third kappa shape index (κ3) is 5.43. The maximum Gasteiger partial charge on any atom is 0.295 e. The highest BCUT2D eigenvalue weighted by molar-refractivity contribution is 6.46. The standard InChI is InChI=1S/C29H28FNO6/c1-29(2,3)37-21-12-5-17(6-13-21)16-31-25(18-7-10-20(32)11-8-18)24(27(34)28(31)35)26(33)22-15-19(30)9-14-23(22)36-4/h5-15,25,32-33H,16H2,1-4H3/b26-24+. The van der Waals surface area contributed by atoms with Crippen molar-refractivity contribution in [3.05, 3.63) is 94.8 Å². The Morgan fingerprint density at radius 3 is 2.24 bits per heavy atom. The Hall–Kier alpha value is -4.33. The minimum atomic E-state index is -0.987. The van der Waals surface area contributed by atoms with E-state index in [0.29, 0.717) is 11.3 Å². The Bertz CT molecular complexity index is 1360. The number of phenols is 1. The molecule has 0 aromatic heterocycles. The van der Waals surface area contributed by atoms with E-state index >= 15 is 0 Å². The van der Waals surface area contributed by atoms with Crippen LogP contribution in [0.25, 0.3) is 5.76 Å². The van der Waals surface area contributed by atoms with Crippen LogP contribution in [0.1, 0.15) is 43.5 Å². The SMILES string of the molecule is COc1ccc(F)cc1/C(O)=C1\C(=O)C(=O)N(Cc2ccc(OC(C)(C)C)cc2)C1c1ccc(O)cc1. The maximum absolute atomic E-state index is 14.1. The van der Waals surface area contributed by atoms with E-state index in [2.05, 4.69) is 0 Å². The maximum atomic E-state index is 14.1. The number of aliphatic hydroxyl groups is 1. The molecule has 0 saturated carbocycles. The van der Waals surface area contributed by atoms with Gasteiger partial charge in [0, 0.05) is 6.54 Å². The van der Waals surface area contributed by atoms with E-state index in [1.807, 2.05) is 20.8 Å². The van der Waals surface area contributed by atoms with Crippen molar-refractivity contribution in [1.82, 2.24) is 4.90 Å². The van der Waals surface area contributed by atoms with E-state index in [1.54, 1.807) is 36.4 Å². The van der Waals surface area contributed by atoms with Crippen LogP contribution >= 0.6 is 0 Å². The normalized spacial score (nSPS) is 17.2. The average Bonchev–Trinajstić information content (AvgIpc) is 3.09. The number of carbonyl (C=O) groups is 2. The molecular formula is C29H28FNO6. The molecule has 8 heteroatoms. The molecular weight excluding hydrogens is 477 g/mol. The van der Waals surface area contributed by atoms with Crippen molar-refractivity contribution in [2.24, 2.45) is 0 Å². The predicted molar refractivity (Wildman–Crippen MR) is 136 cm³/mol. The second kappa shape index (κ2) is 9.97. The molecule has 3 aromatic carbocycles. The van der Waals surface area contributed by atoms with Crippen LogP contribution in [-0.2, 0) is 16.1 Å². The quantitative estimate of drug-likeness (QED) is 0.267. The molecule has 37 heavy (non-hydrogen) atoms. The molecule has 4 rings (SSSR count). The first-order valence-electron chi connectivity index (χ1n) is 11.7. The molecule has 1 saturated heterocycles. The number of hydrogen-bond donors (Lipinski definition) is 2. The smallest absolute Gasteiger partial charge is 0.295 e. The summed E-state index contributed by atoms with van der Waals surface area (Å²) in [6, 6.07) is 15.7. The molecule has 0 spiro atoms. The number of ketones is 1. The van der Waals surface area contributed by atoms with Crippen LogP contribution in [0.3, 0.4) is 0 Å². The molecule has 1 amide bonds. The summed E-state index contributed by atoms with van der Waals surface area (Å²) >= 11 is 0. The van der Waals surface area contributed by atoms with Crippen molar-refractivity contribution < 1.29 is 33.7 Å². The number of hydrogen-bond acceptors (Lipinski definition) is 6. The molecule has 0 radical (unpaired) electrons. The predicted octanol–water partition coefficient (Wildman–Crippen LogP) is 5.34. The van der Waals surface area contributed by atoms with E-state index in [4.69, 9.17) is 9.47 Å². The summed E-state index contributed by atoms with van der Waals surface area (Å²) in [5.74, 6) is -2.11. The van der Waals surface area contributed by atoms with Gasteiger partial charge in [0.05, 0.1) is 24.3 Å². The van der Waals surface area contributed by atoms with Gasteiger partial charge < -0.3 is 24.6 Å². The number of rotatable bonds is 6. The molecule has 0 aliphatic carbocycles. The number of phenolic OH excluding ortho intramolecular Hbond substituents is 1. The lowest BCUT2D eigenvalue weighted by Crippen LogP contribution is -2.29. The van der Waals surface area contributed by atoms with Gasteiger partial charge >= 0.3 is 0 Å². The van der Waals surface area contributed by atoms with Gasteiger partial charge in [0.2, 0.25) is 0 Å². The van der Waals surface area contributed by atoms with Crippen LogP contribution in [0.5, 0.6) is 17.2 Å². The van der Waals surface area contributed by atoms with E-state index < -0.39 is 29.3 Å². The van der Waals surface area contributed by atoms with Gasteiger partial charge in [-0.3, -0.25) is 9.59 Å². The lowest BCUT2D eigenvalue weighted by Gasteiger charge is -2.26. The van der Waals surface area contributed by atoms with Gasteiger partial charge in [0.1, 0.15) is 34.4 Å². The highest BCUT2D eigenvalue weighted by atomic mass is 19.1. The zero-order valence-electron chi connectivity index (χ0n) is 21.0. The van der Waals surface area contributed by atoms with Gasteiger partial charge in [0.25, 0.3) is 11.7 Å². The minimum absolute atomic E-state index is 0.00179. The fourth-order valence-electron chi connectivity index (χ4n) is 4.27. The van der Waals surface area contributed by atoms with Crippen molar-refractivity contribution in [3.63, 3.8) is 0 Å². The first kappa shape index (κ1) is 25.8. The van der Waals surface area contributed by atoms with Gasteiger partial charge in [-0.25, -0.2) is 4.39 Å². The number of benzene rings is 3. The molecule has 1 unspecified atom stereocenters. The van der Waals surface area contributed by atoms with Gasteiger partial charge in [-0.1, -0.05) is 24.3 Å². The summed E-state index contributed by atoms with van der Waals surface area (Å²) in [5, 5.41) is 21.0. The first-order chi connectivity index (χ1) is 17.5. The summed E-state index contributed by atoms with van der Waals surface area (Å²) in [4.78, 5) is 27.8. The van der Waals surface area contributed by atoms with E-state index in [0.717, 1.165) is 11.6 Å². The van der Waals surface area contributed by atoms with Crippen LogP contribution in [-0.4, -0.2) is 39.5 Å². The van der Waals surface area contributed by atoms with Crippen molar-refractivity contribution in [3.8, 4) is 17.2 Å². The third-order valence-corrected chi connectivity index (χ3v) is 5.87. The van der Waals surface area contributed by atoms with Crippen LogP contribution in [0.4, 0.5) is 4.39 Å². The Labute approximate surface area is 214 Å². The number of methoxy groups -OCH3 is 1. The molecule has 1 aliphatic heterocycles. The Balaban J connectivity index is 1.80. The van der Waals surface area contributed by atoms with E-state index in [-0.39, 0.29) is 34.8 Å². The zero-order chi connectivity index (χ0) is 26.9. The third-order valence-electron chi connectivity index (χ3n) is 5.87. The Morgan fingerprint density at radius 1 is 1.00 bits per heavy atom. The van der Waals surface area contributed by atoms with E-state index in [9.17, 15) is 24.2 Å². The summed E-state index contributed by atoms with van der Waals surface area (Å²) in [6.07, 6.45) is 0. The number of carbonyl (C=O) groups excluding carboxylic acids is 2. The molecule has 0 bridgehead atoms. The summed E-state index contributed by atoms with van der Waals surface area (Å²) in [6.45, 7) is 5.87. The zero-order valence-corrected chi connectivity index (χ0v) is 21.0. The molecule has 1 heterocycles. The highest BCUT2D eigenvalue weighted by Gasteiger charge is 2.46. The fraction of sp³-hybridized carbons (Fsp3) is 0.241. The van der Waals surface area contributed by atoms with Gasteiger partial charge in [-0.2, -0.15) is 0 Å². The number of likely N-dealkylation sites (tertiary alicyclic amines) is 1. The topological polar surface area (TPSA) is 96.3 Å². The molecule has 1 atom stereocenters. The fourth-order valence-corrected chi connectivity index (χ4v) is 4.27. The average molecular weight is 506 g/mol. The second-order valence-electron chi connectivity index (χ2n) is 9.72. The van der Waals surface area contributed by atoms with Crippen LogP contribution < -0.4 is 9.47 Å². The van der Waals surface area contributed by atoms with Gasteiger partial charge in [-0.15, -0.1) is 0 Å². The molecule has 192 valence electrons. The number of aromatic hydroxyl groups is 1. The lowest BCUT2D eigenvalue weighted by molar-refractivity contribution is -0.140. The second-order valence-corrected chi connectivity index (χ2v) is 9.72. The van der Waals surface area contributed by atoms with Crippen molar-refractivity contribution in [2.45, 2.75) is 39.0 Å². The highest BCUT2D eigenvalue weighted by Crippen LogP contribution is 2.42. The summed E-state index contributed by atoms with van der Waals surface area (Å²) in [7, 11) is 1.35. The molecule has 3 aromatic rings. The molecule has 2 N–H and O–H groups in total. The number of halogens is 1. The van der Waals surface area contributed by atoms with E-state index in [1.165, 1.54) is 36.3 Å². The number of nitrogens with zero attached hydrogens (tertiary/aromatic N) is 1.